The van der Waals surface area contributed by atoms with E-state index < -0.39 is 0 Å². The first-order valence-corrected chi connectivity index (χ1v) is 10.0. The van der Waals surface area contributed by atoms with Gasteiger partial charge in [0.25, 0.3) is 0 Å². The molecule has 128 valence electrons. The number of rotatable bonds is 4. The zero-order valence-corrected chi connectivity index (χ0v) is 15.8. The van der Waals surface area contributed by atoms with Gasteiger partial charge in [0.1, 0.15) is 0 Å². The molecule has 0 aliphatic heterocycles. The molecule has 0 spiro atoms. The summed E-state index contributed by atoms with van der Waals surface area (Å²) < 4.78 is 0. The average Bonchev–Trinajstić information content (AvgIpc) is 2.57. The van der Waals surface area contributed by atoms with Gasteiger partial charge in [-0.1, -0.05) is 62.6 Å². The maximum absolute atomic E-state index is 12.4. The number of halogens is 1. The van der Waals surface area contributed by atoms with E-state index in [9.17, 15) is 4.79 Å². The van der Waals surface area contributed by atoms with E-state index in [1.807, 2.05) is 24.3 Å². The number of hydrogen-bond donors (Lipinski definition) is 1. The van der Waals surface area contributed by atoms with Gasteiger partial charge in [-0.05, 0) is 35.8 Å². The Labute approximate surface area is 153 Å². The molecule has 0 unspecified atom stereocenters. The van der Waals surface area contributed by atoms with E-state index in [-0.39, 0.29) is 5.91 Å². The molecule has 1 saturated carbocycles. The predicted molar refractivity (Wildman–Crippen MR) is 104 cm³/mol. The number of benzene rings is 2. The highest BCUT2D eigenvalue weighted by atomic mass is 35.5. The Morgan fingerprint density at radius 2 is 1.96 bits per heavy atom. The van der Waals surface area contributed by atoms with Gasteiger partial charge >= 0.3 is 0 Å². The fourth-order valence-corrected chi connectivity index (χ4v) is 4.82. The number of thioether (sulfide) groups is 1. The number of amides is 1. The molecule has 3 atom stereocenters. The summed E-state index contributed by atoms with van der Waals surface area (Å²) >= 11 is 7.92. The molecule has 2 aromatic carbocycles. The SMILES string of the molecule is C[C@@H]1[C@@H](C)CCC[C@H]1NC(=O)CSc1cccc2cccc(Cl)c12. The summed E-state index contributed by atoms with van der Waals surface area (Å²) in [5, 5.41) is 6.14. The van der Waals surface area contributed by atoms with Crippen LogP contribution in [-0.4, -0.2) is 17.7 Å². The van der Waals surface area contributed by atoms with Crippen molar-refractivity contribution in [2.24, 2.45) is 11.8 Å². The maximum Gasteiger partial charge on any atom is 0.230 e. The van der Waals surface area contributed by atoms with Crippen molar-refractivity contribution in [1.29, 1.82) is 0 Å². The lowest BCUT2D eigenvalue weighted by molar-refractivity contribution is -0.119. The van der Waals surface area contributed by atoms with Crippen LogP contribution in [0.15, 0.2) is 41.3 Å². The number of carbonyl (C=O) groups excluding carboxylic acids is 1. The minimum absolute atomic E-state index is 0.120. The van der Waals surface area contributed by atoms with E-state index in [0.717, 1.165) is 27.1 Å². The minimum atomic E-state index is 0.120. The Morgan fingerprint density at radius 1 is 1.21 bits per heavy atom. The van der Waals surface area contributed by atoms with Gasteiger partial charge in [-0.25, -0.2) is 0 Å². The monoisotopic (exact) mass is 361 g/mol. The topological polar surface area (TPSA) is 29.1 Å². The highest BCUT2D eigenvalue weighted by Crippen LogP contribution is 2.33. The largest absolute Gasteiger partial charge is 0.352 e. The third-order valence-electron chi connectivity index (χ3n) is 5.23. The van der Waals surface area contributed by atoms with E-state index in [4.69, 9.17) is 11.6 Å². The highest BCUT2D eigenvalue weighted by molar-refractivity contribution is 8.00. The van der Waals surface area contributed by atoms with Gasteiger partial charge in [0.15, 0.2) is 0 Å². The van der Waals surface area contributed by atoms with Crippen molar-refractivity contribution >= 4 is 40.0 Å². The molecule has 24 heavy (non-hydrogen) atoms. The van der Waals surface area contributed by atoms with Crippen molar-refractivity contribution in [2.75, 3.05) is 5.75 Å². The van der Waals surface area contributed by atoms with Gasteiger partial charge in [0, 0.05) is 21.3 Å². The second-order valence-corrected chi connectivity index (χ2v) is 8.25. The van der Waals surface area contributed by atoms with Crippen LogP contribution >= 0.6 is 23.4 Å². The van der Waals surface area contributed by atoms with Gasteiger partial charge < -0.3 is 5.32 Å². The first-order valence-electron chi connectivity index (χ1n) is 8.65. The zero-order chi connectivity index (χ0) is 17.1. The number of fused-ring (bicyclic) bond motifs is 1. The lowest BCUT2D eigenvalue weighted by Crippen LogP contribution is -2.44. The second-order valence-electron chi connectivity index (χ2n) is 6.82. The molecule has 0 heterocycles. The minimum Gasteiger partial charge on any atom is -0.352 e. The first kappa shape index (κ1) is 17.6. The number of nitrogens with one attached hydrogen (secondary N) is 1. The van der Waals surface area contributed by atoms with Crippen LogP contribution in [0, 0.1) is 11.8 Å². The highest BCUT2D eigenvalue weighted by Gasteiger charge is 2.28. The van der Waals surface area contributed by atoms with Crippen molar-refractivity contribution in [3.8, 4) is 0 Å². The molecule has 0 radical (unpaired) electrons. The molecule has 1 aliphatic carbocycles. The van der Waals surface area contributed by atoms with Gasteiger partial charge in [0.2, 0.25) is 5.91 Å². The molecule has 4 heteroatoms. The summed E-state index contributed by atoms with van der Waals surface area (Å²) in [4.78, 5) is 13.5. The summed E-state index contributed by atoms with van der Waals surface area (Å²) in [6.45, 7) is 4.54. The van der Waals surface area contributed by atoms with Gasteiger partial charge in [-0.15, -0.1) is 11.8 Å². The Hall–Kier alpha value is -1.19. The molecule has 1 N–H and O–H groups in total. The lowest BCUT2D eigenvalue weighted by Gasteiger charge is -2.34. The molecule has 1 amide bonds. The van der Waals surface area contributed by atoms with Crippen LogP contribution in [0.2, 0.25) is 5.02 Å². The van der Waals surface area contributed by atoms with Crippen molar-refractivity contribution in [3.63, 3.8) is 0 Å². The van der Waals surface area contributed by atoms with Crippen LogP contribution < -0.4 is 5.32 Å². The van der Waals surface area contributed by atoms with Crippen LogP contribution in [0.5, 0.6) is 0 Å². The average molecular weight is 362 g/mol. The standard InChI is InChI=1S/C20H24ClNOS/c1-13-6-3-10-17(14(13)2)22-19(23)12-24-18-11-5-8-15-7-4-9-16(21)20(15)18/h4-5,7-9,11,13-14,17H,3,6,10,12H2,1-2H3,(H,22,23)/t13-,14+,17+/m0/s1. The van der Waals surface area contributed by atoms with E-state index in [0.29, 0.717) is 23.6 Å². The van der Waals surface area contributed by atoms with Gasteiger partial charge in [-0.2, -0.15) is 0 Å². The molecule has 2 aromatic rings. The molecule has 2 nitrogen and oxygen atoms in total. The summed E-state index contributed by atoms with van der Waals surface area (Å²) in [5.74, 6) is 1.80. The zero-order valence-electron chi connectivity index (χ0n) is 14.2. The molecular formula is C20H24ClNOS. The normalized spacial score (nSPS) is 24.0. The molecule has 1 aliphatic rings. The summed E-state index contributed by atoms with van der Waals surface area (Å²) in [6.07, 6.45) is 3.58. The molecular weight excluding hydrogens is 338 g/mol. The third kappa shape index (κ3) is 3.89. The van der Waals surface area contributed by atoms with Crippen molar-refractivity contribution in [3.05, 3.63) is 41.4 Å². The summed E-state index contributed by atoms with van der Waals surface area (Å²) in [7, 11) is 0. The van der Waals surface area contributed by atoms with Crippen LogP contribution in [0.4, 0.5) is 0 Å². The lowest BCUT2D eigenvalue weighted by atomic mass is 9.78. The molecule has 1 fully saturated rings. The van der Waals surface area contributed by atoms with Gasteiger partial charge in [-0.3, -0.25) is 4.79 Å². The Balaban J connectivity index is 1.65. The summed E-state index contributed by atoms with van der Waals surface area (Å²) in [6, 6.07) is 12.3. The van der Waals surface area contributed by atoms with E-state index in [2.05, 4.69) is 31.3 Å². The number of hydrogen-bond acceptors (Lipinski definition) is 2. The Morgan fingerprint density at radius 3 is 2.75 bits per heavy atom. The smallest absolute Gasteiger partial charge is 0.230 e. The van der Waals surface area contributed by atoms with Crippen LogP contribution in [0.1, 0.15) is 33.1 Å². The molecule has 0 bridgehead atoms. The van der Waals surface area contributed by atoms with E-state index in [1.54, 1.807) is 11.8 Å². The fourth-order valence-electron chi connectivity index (χ4n) is 3.56. The Kier molecular flexibility index (Phi) is 5.72. The fraction of sp³-hybridized carbons (Fsp3) is 0.450. The molecule has 3 rings (SSSR count). The molecule has 0 saturated heterocycles. The molecule has 0 aromatic heterocycles. The summed E-state index contributed by atoms with van der Waals surface area (Å²) in [5.41, 5.74) is 0. The Bertz CT molecular complexity index is 727. The number of carbonyl (C=O) groups is 1. The maximum atomic E-state index is 12.4. The van der Waals surface area contributed by atoms with Crippen LogP contribution in [0.3, 0.4) is 0 Å². The van der Waals surface area contributed by atoms with Crippen molar-refractivity contribution in [2.45, 2.75) is 44.0 Å². The van der Waals surface area contributed by atoms with E-state index >= 15 is 0 Å². The van der Waals surface area contributed by atoms with Crippen LogP contribution in [-0.2, 0) is 4.79 Å². The van der Waals surface area contributed by atoms with Gasteiger partial charge in [0.05, 0.1) is 5.75 Å². The third-order valence-corrected chi connectivity index (χ3v) is 6.60. The van der Waals surface area contributed by atoms with Crippen molar-refractivity contribution in [1.82, 2.24) is 5.32 Å². The second kappa shape index (κ2) is 7.79. The van der Waals surface area contributed by atoms with E-state index in [1.165, 1.54) is 12.8 Å². The van der Waals surface area contributed by atoms with Crippen LogP contribution in [0.25, 0.3) is 10.8 Å². The predicted octanol–water partition coefficient (Wildman–Crippen LogP) is 5.53. The first-order chi connectivity index (χ1) is 11.6. The van der Waals surface area contributed by atoms with Crippen molar-refractivity contribution < 1.29 is 4.79 Å². The quantitative estimate of drug-likeness (QED) is 0.726.